The van der Waals surface area contributed by atoms with Gasteiger partial charge in [-0.2, -0.15) is 0 Å². The van der Waals surface area contributed by atoms with E-state index in [2.05, 4.69) is 75.5 Å². The van der Waals surface area contributed by atoms with Gasteiger partial charge in [0.05, 0.1) is 0 Å². The van der Waals surface area contributed by atoms with Crippen LogP contribution in [-0.2, 0) is 28.8 Å². The van der Waals surface area contributed by atoms with E-state index in [1.807, 2.05) is 0 Å². The van der Waals surface area contributed by atoms with Crippen molar-refractivity contribution in [2.45, 2.75) is 43.4 Å². The second-order valence-electron chi connectivity index (χ2n) is 6.51. The Kier molecular flexibility index (Phi) is 9.40. The summed E-state index contributed by atoms with van der Waals surface area (Å²) in [4.78, 5) is 0. The van der Waals surface area contributed by atoms with Gasteiger partial charge in [0.15, 0.2) is 0 Å². The van der Waals surface area contributed by atoms with Crippen LogP contribution in [0.25, 0.3) is 17.2 Å². The van der Waals surface area contributed by atoms with Crippen molar-refractivity contribution in [2.24, 2.45) is 0 Å². The van der Waals surface area contributed by atoms with E-state index in [-0.39, 0.29) is 53.1 Å². The van der Waals surface area contributed by atoms with Crippen molar-refractivity contribution < 1.29 is 47.2 Å². The second-order valence-corrected chi connectivity index (χ2v) is 19.7. The fourth-order valence-corrected chi connectivity index (χ4v) is 12.4. The van der Waals surface area contributed by atoms with E-state index in [0.29, 0.717) is 0 Å². The quantitative estimate of drug-likeness (QED) is 0.548. The third-order valence-electron chi connectivity index (χ3n) is 4.67. The van der Waals surface area contributed by atoms with Gasteiger partial charge in [-0.25, -0.2) is 0 Å². The summed E-state index contributed by atoms with van der Waals surface area (Å²) in [5, 5.41) is 0. The van der Waals surface area contributed by atoms with Gasteiger partial charge in [-0.3, -0.25) is 0 Å². The van der Waals surface area contributed by atoms with Crippen LogP contribution in [0.3, 0.4) is 0 Å². The first-order chi connectivity index (χ1) is 11.1. The van der Waals surface area contributed by atoms with Crippen molar-refractivity contribution in [3.63, 3.8) is 0 Å². The summed E-state index contributed by atoms with van der Waals surface area (Å²) >= 11 is -0.325. The molecule has 0 aliphatic heterocycles. The molecule has 0 aromatic heterocycles. The molecule has 2 aromatic carbocycles. The van der Waals surface area contributed by atoms with Crippen LogP contribution in [-0.4, -0.2) is 5.92 Å². The van der Waals surface area contributed by atoms with Crippen LogP contribution >= 0.6 is 0 Å². The van der Waals surface area contributed by atoms with Gasteiger partial charge in [-0.15, -0.1) is 0 Å². The van der Waals surface area contributed by atoms with Crippen LogP contribution in [0.4, 0.5) is 0 Å². The van der Waals surface area contributed by atoms with Gasteiger partial charge in [0.25, 0.3) is 0 Å². The Morgan fingerprint density at radius 2 is 1.60 bits per heavy atom. The molecular formula is C21H25Cl2SiZr. The van der Waals surface area contributed by atoms with Crippen LogP contribution in [0.15, 0.2) is 48.0 Å². The number of rotatable bonds is 5. The van der Waals surface area contributed by atoms with Crippen LogP contribution in [0, 0.1) is 0 Å². The Bertz CT molecular complexity index is 723. The number of aryl methyl sites for hydroxylation is 1. The summed E-state index contributed by atoms with van der Waals surface area (Å²) in [6, 6.07) is 16.1. The molecule has 0 heterocycles. The predicted molar refractivity (Wildman–Crippen MR) is 99.7 cm³/mol. The molecule has 0 spiro atoms. The summed E-state index contributed by atoms with van der Waals surface area (Å²) in [6.07, 6.45) is 4.85. The molecule has 4 heteroatoms. The molecular weight excluding hydrogens is 442 g/mol. The fourth-order valence-electron chi connectivity index (χ4n) is 3.40. The standard InChI is InChI=1S/C19H19.C2H6Si.2ClH.Zr/c1-3-14-8-10-16(11-9-14)18-7-5-6-17-12-15(4-2)13-19(17)18;1-3-2;;;/h5-13H,3-4H2,1-2H3;1-2H3;2*1H;/q;;;;+2/p-2. The molecule has 3 rings (SSSR count). The second kappa shape index (κ2) is 10.3. The number of fused-ring (bicyclic) bond motifs is 1. The fraction of sp³-hybridized carbons (Fsp3) is 0.333. The Hall–Kier alpha value is -0.140. The molecule has 1 aliphatic carbocycles. The molecule has 1 aliphatic rings. The molecule has 0 saturated heterocycles. The first-order valence-electron chi connectivity index (χ1n) is 8.63. The maximum absolute atomic E-state index is 2.52. The zero-order valence-corrected chi connectivity index (χ0v) is 20.3. The molecule has 0 saturated carbocycles. The average molecular weight is 468 g/mol. The van der Waals surface area contributed by atoms with Gasteiger partial charge in [-0.1, -0.05) is 0 Å². The minimum absolute atomic E-state index is 0. The van der Waals surface area contributed by atoms with Crippen LogP contribution < -0.4 is 24.8 Å². The Balaban J connectivity index is 0.00000156. The zero-order valence-electron chi connectivity index (χ0n) is 15.4. The minimum atomic E-state index is -0.325. The average Bonchev–Trinajstić information content (AvgIpc) is 2.92. The van der Waals surface area contributed by atoms with Crippen LogP contribution in [0.1, 0.15) is 40.6 Å². The molecule has 0 amide bonds. The van der Waals surface area contributed by atoms with E-state index in [0.717, 1.165) is 10.0 Å². The molecule has 2 aromatic rings. The van der Waals surface area contributed by atoms with Crippen molar-refractivity contribution >= 4 is 12.0 Å². The normalized spacial score (nSPS) is 14.9. The van der Waals surface area contributed by atoms with E-state index in [1.165, 1.54) is 28.7 Å². The summed E-state index contributed by atoms with van der Waals surface area (Å²) in [6.45, 7) is 9.57. The van der Waals surface area contributed by atoms with Crippen molar-refractivity contribution in [2.75, 3.05) is 0 Å². The van der Waals surface area contributed by atoms with Crippen molar-refractivity contribution in [3.8, 4) is 11.1 Å². The van der Waals surface area contributed by atoms with Crippen molar-refractivity contribution in [1.82, 2.24) is 0 Å². The molecule has 25 heavy (non-hydrogen) atoms. The van der Waals surface area contributed by atoms with Gasteiger partial charge in [-0.05, 0) is 0 Å². The number of allylic oxidation sites excluding steroid dienone is 1. The smallest absolute Gasteiger partial charge is 1.00 e. The van der Waals surface area contributed by atoms with Gasteiger partial charge in [0.1, 0.15) is 0 Å². The maximum atomic E-state index is 2.52. The number of halogens is 2. The first-order valence-corrected chi connectivity index (χ1v) is 16.2. The third kappa shape index (κ3) is 4.98. The molecule has 131 valence electrons. The Morgan fingerprint density at radius 3 is 2.16 bits per heavy atom. The Labute approximate surface area is 177 Å². The molecule has 1 radical (unpaired) electrons. The summed E-state index contributed by atoms with van der Waals surface area (Å²) in [5.74, 6) is -0.0580. The largest absolute Gasteiger partial charge is 1.00 e. The summed E-state index contributed by atoms with van der Waals surface area (Å²) in [5.41, 5.74) is 9.08. The topological polar surface area (TPSA) is 0 Å². The van der Waals surface area contributed by atoms with Gasteiger partial charge >= 0.3 is 154 Å². The van der Waals surface area contributed by atoms with Crippen molar-refractivity contribution in [3.05, 3.63) is 64.7 Å². The van der Waals surface area contributed by atoms with Crippen LogP contribution in [0.5, 0.6) is 0 Å². The zero-order chi connectivity index (χ0) is 16.4. The molecule has 1 atom stereocenters. The minimum Gasteiger partial charge on any atom is -1.00 e. The number of hydrogen-bond donors (Lipinski definition) is 0. The first kappa shape index (κ1) is 22.9. The molecule has 0 fully saturated rings. The van der Waals surface area contributed by atoms with Gasteiger partial charge in [0.2, 0.25) is 0 Å². The van der Waals surface area contributed by atoms with Gasteiger partial charge < -0.3 is 24.8 Å². The maximum Gasteiger partial charge on any atom is -1.00 e. The third-order valence-corrected chi connectivity index (χ3v) is 13.6. The van der Waals surface area contributed by atoms with E-state index in [4.69, 9.17) is 0 Å². The number of hydrogen-bond acceptors (Lipinski definition) is 0. The molecule has 0 bridgehead atoms. The van der Waals surface area contributed by atoms with E-state index in [1.54, 1.807) is 11.1 Å². The number of benzene rings is 2. The van der Waals surface area contributed by atoms with Crippen LogP contribution in [0.2, 0.25) is 13.1 Å². The van der Waals surface area contributed by atoms with Gasteiger partial charge in [0, 0.05) is 0 Å². The monoisotopic (exact) mass is 465 g/mol. The van der Waals surface area contributed by atoms with Crippen molar-refractivity contribution in [1.29, 1.82) is 0 Å². The van der Waals surface area contributed by atoms with E-state index in [9.17, 15) is 0 Å². The van der Waals surface area contributed by atoms with E-state index >= 15 is 0 Å². The molecule has 0 nitrogen and oxygen atoms in total. The summed E-state index contributed by atoms with van der Waals surface area (Å²) in [7, 11) is 0. The van der Waals surface area contributed by atoms with E-state index < -0.39 is 0 Å². The SMILES string of the molecule is CCC1=Cc2c(-c3ccc(CC)cc3)cccc2[CH]1[Zr+2][Si](C)C.[Cl-].[Cl-]. The predicted octanol–water partition coefficient (Wildman–Crippen LogP) is 0.106. The molecule has 1 unspecified atom stereocenters. The summed E-state index contributed by atoms with van der Waals surface area (Å²) < 4.78 is 0.831. The molecule has 0 N–H and O–H groups in total. The Morgan fingerprint density at radius 1 is 0.920 bits per heavy atom.